The second-order valence-electron chi connectivity index (χ2n) is 5.15. The number of aromatic nitrogens is 2. The lowest BCUT2D eigenvalue weighted by atomic mass is 10.1. The molecule has 0 aromatic carbocycles. The highest BCUT2D eigenvalue weighted by atomic mass is 16.5. The van der Waals surface area contributed by atoms with Crippen molar-refractivity contribution in [3.05, 3.63) is 41.9 Å². The minimum atomic E-state index is -0.243. The highest BCUT2D eigenvalue weighted by Gasteiger charge is 2.28. The van der Waals surface area contributed by atoms with Crippen LogP contribution in [0, 0.1) is 6.92 Å². The first-order valence-electron chi connectivity index (χ1n) is 7.13. The molecule has 1 aliphatic heterocycles. The van der Waals surface area contributed by atoms with Crippen LogP contribution in [0.15, 0.2) is 29.1 Å². The van der Waals surface area contributed by atoms with Gasteiger partial charge in [0.1, 0.15) is 6.10 Å². The molecule has 1 atom stereocenters. The Morgan fingerprint density at radius 1 is 1.45 bits per heavy atom. The first-order valence-corrected chi connectivity index (χ1v) is 7.13. The smallest absolute Gasteiger partial charge is 0.291 e. The predicted octanol–water partition coefficient (Wildman–Crippen LogP) is 1.63. The van der Waals surface area contributed by atoms with Gasteiger partial charge in [-0.3, -0.25) is 9.78 Å². The molecule has 7 nitrogen and oxygen atoms in total. The van der Waals surface area contributed by atoms with Gasteiger partial charge in [-0.05, 0) is 19.1 Å². The van der Waals surface area contributed by atoms with Crippen molar-refractivity contribution in [2.45, 2.75) is 13.0 Å². The van der Waals surface area contributed by atoms with Crippen molar-refractivity contribution in [2.75, 3.05) is 32.1 Å². The lowest BCUT2D eigenvalue weighted by molar-refractivity contribution is -0.0256. The Balaban J connectivity index is 1.78. The van der Waals surface area contributed by atoms with Gasteiger partial charge < -0.3 is 19.4 Å². The summed E-state index contributed by atoms with van der Waals surface area (Å²) in [5, 5.41) is 3.10. The lowest BCUT2D eigenvalue weighted by Gasteiger charge is -2.32. The molecule has 1 amide bonds. The standard InChI is InChI=1S/C15H18N4O3/c1-10-5-11(16-2)6-12(18-10)14-8-19(3-4-21-14)15(20)13-7-17-9-22-13/h5-7,9,14H,3-4,8H2,1-2H3,(H,16,18)/t14-/m1/s1. The highest BCUT2D eigenvalue weighted by Crippen LogP contribution is 2.24. The quantitative estimate of drug-likeness (QED) is 0.928. The highest BCUT2D eigenvalue weighted by molar-refractivity contribution is 5.91. The Bertz CT molecular complexity index is 657. The summed E-state index contributed by atoms with van der Waals surface area (Å²) in [6, 6.07) is 3.91. The van der Waals surface area contributed by atoms with E-state index in [0.29, 0.717) is 19.7 Å². The zero-order valence-electron chi connectivity index (χ0n) is 12.6. The van der Waals surface area contributed by atoms with E-state index in [4.69, 9.17) is 9.15 Å². The number of hydrogen-bond acceptors (Lipinski definition) is 6. The molecule has 0 spiro atoms. The van der Waals surface area contributed by atoms with Crippen LogP contribution in [0.1, 0.15) is 28.0 Å². The van der Waals surface area contributed by atoms with Crippen LogP contribution in [0.25, 0.3) is 0 Å². The van der Waals surface area contributed by atoms with E-state index in [1.165, 1.54) is 12.6 Å². The van der Waals surface area contributed by atoms with E-state index in [-0.39, 0.29) is 17.8 Å². The Labute approximate surface area is 128 Å². The topological polar surface area (TPSA) is 80.5 Å². The summed E-state index contributed by atoms with van der Waals surface area (Å²) in [7, 11) is 1.86. The van der Waals surface area contributed by atoms with E-state index in [1.807, 2.05) is 26.1 Å². The van der Waals surface area contributed by atoms with Crippen LogP contribution in [0.3, 0.4) is 0 Å². The van der Waals surface area contributed by atoms with Crippen molar-refractivity contribution in [1.29, 1.82) is 0 Å². The summed E-state index contributed by atoms with van der Waals surface area (Å²) < 4.78 is 10.9. The molecule has 1 N–H and O–H groups in total. The summed E-state index contributed by atoms with van der Waals surface area (Å²) >= 11 is 0. The lowest BCUT2D eigenvalue weighted by Crippen LogP contribution is -2.42. The summed E-state index contributed by atoms with van der Waals surface area (Å²) in [6.07, 6.45) is 2.44. The minimum absolute atomic E-state index is 0.174. The number of anilines is 1. The van der Waals surface area contributed by atoms with Crippen LogP contribution in [-0.2, 0) is 4.74 Å². The maximum Gasteiger partial charge on any atom is 0.291 e. The molecule has 2 aromatic heterocycles. The van der Waals surface area contributed by atoms with Crippen molar-refractivity contribution in [2.24, 2.45) is 0 Å². The van der Waals surface area contributed by atoms with Gasteiger partial charge in [-0.25, -0.2) is 4.98 Å². The van der Waals surface area contributed by atoms with Crippen LogP contribution in [0.5, 0.6) is 0 Å². The van der Waals surface area contributed by atoms with Gasteiger partial charge >= 0.3 is 0 Å². The first kappa shape index (κ1) is 14.5. The molecule has 7 heteroatoms. The fourth-order valence-electron chi connectivity index (χ4n) is 2.49. The molecule has 1 saturated heterocycles. The minimum Gasteiger partial charge on any atom is -0.438 e. The van der Waals surface area contributed by atoms with E-state index >= 15 is 0 Å². The van der Waals surface area contributed by atoms with Crippen LogP contribution in [0.4, 0.5) is 5.69 Å². The maximum absolute atomic E-state index is 12.3. The molecule has 0 saturated carbocycles. The van der Waals surface area contributed by atoms with Gasteiger partial charge in [-0.15, -0.1) is 0 Å². The monoisotopic (exact) mass is 302 g/mol. The van der Waals surface area contributed by atoms with Crippen molar-refractivity contribution in [3.8, 4) is 0 Å². The molecule has 0 radical (unpaired) electrons. The predicted molar refractivity (Wildman–Crippen MR) is 79.6 cm³/mol. The number of carbonyl (C=O) groups excluding carboxylic acids is 1. The van der Waals surface area contributed by atoms with Crippen molar-refractivity contribution in [1.82, 2.24) is 14.9 Å². The van der Waals surface area contributed by atoms with E-state index in [2.05, 4.69) is 15.3 Å². The maximum atomic E-state index is 12.3. The van der Waals surface area contributed by atoms with Gasteiger partial charge in [0.25, 0.3) is 5.91 Å². The molecule has 1 aliphatic rings. The molecule has 22 heavy (non-hydrogen) atoms. The molecule has 116 valence electrons. The molecule has 1 fully saturated rings. The average Bonchev–Trinajstić information content (AvgIpc) is 3.08. The molecular weight excluding hydrogens is 284 g/mol. The fourth-order valence-corrected chi connectivity index (χ4v) is 2.49. The van der Waals surface area contributed by atoms with Crippen LogP contribution >= 0.6 is 0 Å². The molecule has 0 bridgehead atoms. The number of morpholine rings is 1. The Hall–Kier alpha value is -2.41. The van der Waals surface area contributed by atoms with E-state index in [1.54, 1.807) is 4.90 Å². The second-order valence-corrected chi connectivity index (χ2v) is 5.15. The zero-order valence-corrected chi connectivity index (χ0v) is 12.6. The molecule has 3 heterocycles. The third-order valence-electron chi connectivity index (χ3n) is 3.59. The number of aryl methyl sites for hydroxylation is 1. The Kier molecular flexibility index (Phi) is 4.06. The Morgan fingerprint density at radius 3 is 3.05 bits per heavy atom. The fraction of sp³-hybridized carbons (Fsp3) is 0.400. The van der Waals surface area contributed by atoms with Crippen molar-refractivity contribution >= 4 is 11.6 Å². The van der Waals surface area contributed by atoms with E-state index in [9.17, 15) is 4.79 Å². The Morgan fingerprint density at radius 2 is 2.32 bits per heavy atom. The molecule has 2 aromatic rings. The normalized spacial score (nSPS) is 18.3. The summed E-state index contributed by atoms with van der Waals surface area (Å²) in [5.41, 5.74) is 2.70. The number of rotatable bonds is 3. The third-order valence-corrected chi connectivity index (χ3v) is 3.59. The van der Waals surface area contributed by atoms with Crippen LogP contribution in [-0.4, -0.2) is 47.5 Å². The number of ether oxygens (including phenoxy) is 1. The second kappa shape index (κ2) is 6.15. The van der Waals surface area contributed by atoms with Crippen molar-refractivity contribution < 1.29 is 13.9 Å². The number of carbonyl (C=O) groups is 1. The van der Waals surface area contributed by atoms with Gasteiger partial charge in [0.05, 0.1) is 25.0 Å². The molecular formula is C15H18N4O3. The number of nitrogens with zero attached hydrogens (tertiary/aromatic N) is 3. The number of nitrogens with one attached hydrogen (secondary N) is 1. The number of hydrogen-bond donors (Lipinski definition) is 1. The van der Waals surface area contributed by atoms with Crippen LogP contribution < -0.4 is 5.32 Å². The number of pyridine rings is 1. The zero-order chi connectivity index (χ0) is 15.5. The van der Waals surface area contributed by atoms with E-state index < -0.39 is 0 Å². The number of amides is 1. The van der Waals surface area contributed by atoms with Gasteiger partial charge in [0, 0.05) is 25.0 Å². The third kappa shape index (κ3) is 2.94. The SMILES string of the molecule is CNc1cc(C)nc([C@H]2CN(C(=O)c3cnco3)CCO2)c1. The number of oxazole rings is 1. The van der Waals surface area contributed by atoms with Crippen LogP contribution in [0.2, 0.25) is 0 Å². The summed E-state index contributed by atoms with van der Waals surface area (Å²) in [6.45, 7) is 3.37. The van der Waals surface area contributed by atoms with Gasteiger partial charge in [0.15, 0.2) is 6.39 Å². The largest absolute Gasteiger partial charge is 0.438 e. The summed E-state index contributed by atoms with van der Waals surface area (Å²) in [5.74, 6) is 0.0704. The van der Waals surface area contributed by atoms with Gasteiger partial charge in [-0.1, -0.05) is 0 Å². The summed E-state index contributed by atoms with van der Waals surface area (Å²) in [4.78, 5) is 22.3. The first-order chi connectivity index (χ1) is 10.7. The molecule has 0 aliphatic carbocycles. The van der Waals surface area contributed by atoms with E-state index in [0.717, 1.165) is 17.1 Å². The average molecular weight is 302 g/mol. The van der Waals surface area contributed by atoms with Gasteiger partial charge in [-0.2, -0.15) is 0 Å². The van der Waals surface area contributed by atoms with Crippen molar-refractivity contribution in [3.63, 3.8) is 0 Å². The molecule has 0 unspecified atom stereocenters. The molecule has 3 rings (SSSR count). The van der Waals surface area contributed by atoms with Gasteiger partial charge in [0.2, 0.25) is 5.76 Å².